The van der Waals surface area contributed by atoms with E-state index in [2.05, 4.69) is 10.4 Å². The van der Waals surface area contributed by atoms with Gasteiger partial charge in [0.25, 0.3) is 0 Å². The van der Waals surface area contributed by atoms with Crippen LogP contribution in [0.15, 0.2) is 35.4 Å². The average molecular weight is 378 g/mol. The number of primary sulfonamides is 1. The Morgan fingerprint density at radius 3 is 2.56 bits per heavy atom. The summed E-state index contributed by atoms with van der Waals surface area (Å²) in [5.74, 6) is -0.718. The van der Waals surface area contributed by atoms with Crippen molar-refractivity contribution in [2.75, 3.05) is 12.4 Å². The van der Waals surface area contributed by atoms with Crippen molar-refractivity contribution in [3.63, 3.8) is 0 Å². The first-order valence-electron chi connectivity index (χ1n) is 6.62. The summed E-state index contributed by atoms with van der Waals surface area (Å²) in [5, 5.41) is 10.6. The molecule has 0 atom stereocenters. The lowest BCUT2D eigenvalue weighted by atomic mass is 10.3. The van der Waals surface area contributed by atoms with Crippen molar-refractivity contribution in [1.29, 1.82) is 0 Å². The first-order valence-corrected chi connectivity index (χ1v) is 8.16. The minimum Gasteiger partial charge on any atom is -0.495 e. The van der Waals surface area contributed by atoms with Crippen LogP contribution >= 0.6 is 0 Å². The predicted octanol–water partition coefficient (Wildman–Crippen LogP) is 1.20. The summed E-state index contributed by atoms with van der Waals surface area (Å²) in [6.45, 7) is -0.493. The standard InChI is InChI=1S/C13H13F3N4O4S/c1-24-9-3-2-8(6-10(9)25(17,22)23)18-12(21)7-20-5-4-11(19-20)13(14,15)16/h2-6H,7H2,1H3,(H,18,21)(H2,17,22,23). The molecule has 0 radical (unpaired) electrons. The number of hydrogen-bond acceptors (Lipinski definition) is 5. The number of carbonyl (C=O) groups is 1. The van der Waals surface area contributed by atoms with Crippen LogP contribution < -0.4 is 15.2 Å². The van der Waals surface area contributed by atoms with Crippen LogP contribution in [0, 0.1) is 0 Å². The van der Waals surface area contributed by atoms with E-state index in [1.807, 2.05) is 0 Å². The fourth-order valence-electron chi connectivity index (χ4n) is 1.93. The van der Waals surface area contributed by atoms with E-state index in [0.29, 0.717) is 0 Å². The second-order valence-electron chi connectivity index (χ2n) is 4.86. The SMILES string of the molecule is COc1ccc(NC(=O)Cn2ccc(C(F)(F)F)n2)cc1S(N)(=O)=O. The van der Waals surface area contributed by atoms with Crippen LogP contribution in [0.3, 0.4) is 0 Å². The zero-order valence-electron chi connectivity index (χ0n) is 12.7. The van der Waals surface area contributed by atoms with Gasteiger partial charge >= 0.3 is 6.18 Å². The Morgan fingerprint density at radius 2 is 2.04 bits per heavy atom. The fraction of sp³-hybridized carbons (Fsp3) is 0.231. The summed E-state index contributed by atoms with van der Waals surface area (Å²) in [7, 11) is -2.85. The highest BCUT2D eigenvalue weighted by molar-refractivity contribution is 7.89. The third-order valence-electron chi connectivity index (χ3n) is 2.99. The number of carbonyl (C=O) groups excluding carboxylic acids is 1. The number of anilines is 1. The van der Waals surface area contributed by atoms with Crippen molar-refractivity contribution in [2.45, 2.75) is 17.6 Å². The average Bonchev–Trinajstić information content (AvgIpc) is 2.94. The van der Waals surface area contributed by atoms with Crippen LogP contribution in [0.5, 0.6) is 5.75 Å². The Hall–Kier alpha value is -2.60. The highest BCUT2D eigenvalue weighted by Gasteiger charge is 2.33. The van der Waals surface area contributed by atoms with Crippen molar-refractivity contribution >= 4 is 21.6 Å². The van der Waals surface area contributed by atoms with Gasteiger partial charge in [-0.25, -0.2) is 13.6 Å². The number of aromatic nitrogens is 2. The third-order valence-corrected chi connectivity index (χ3v) is 3.92. The Labute approximate surface area is 140 Å². The summed E-state index contributed by atoms with van der Waals surface area (Å²) in [4.78, 5) is 11.5. The van der Waals surface area contributed by atoms with Crippen molar-refractivity contribution < 1.29 is 31.1 Å². The lowest BCUT2D eigenvalue weighted by Gasteiger charge is -2.10. The van der Waals surface area contributed by atoms with Crippen molar-refractivity contribution in [3.8, 4) is 5.75 Å². The van der Waals surface area contributed by atoms with Gasteiger partial charge in [-0.1, -0.05) is 0 Å². The summed E-state index contributed by atoms with van der Waals surface area (Å²) >= 11 is 0. The maximum absolute atomic E-state index is 12.5. The van der Waals surface area contributed by atoms with Crippen molar-refractivity contribution in [3.05, 3.63) is 36.2 Å². The number of nitrogens with two attached hydrogens (primary N) is 1. The van der Waals surface area contributed by atoms with Crippen molar-refractivity contribution in [1.82, 2.24) is 9.78 Å². The molecule has 0 spiro atoms. The predicted molar refractivity (Wildman–Crippen MR) is 80.2 cm³/mol. The maximum Gasteiger partial charge on any atom is 0.435 e. The third kappa shape index (κ3) is 4.70. The Morgan fingerprint density at radius 1 is 1.36 bits per heavy atom. The molecule has 0 aliphatic rings. The number of alkyl halides is 3. The molecule has 8 nitrogen and oxygen atoms in total. The van der Waals surface area contributed by atoms with E-state index in [1.165, 1.54) is 19.2 Å². The zero-order chi connectivity index (χ0) is 18.8. The fourth-order valence-corrected chi connectivity index (χ4v) is 2.65. The highest BCUT2D eigenvalue weighted by Crippen LogP contribution is 2.27. The van der Waals surface area contributed by atoms with Gasteiger partial charge in [-0.05, 0) is 24.3 Å². The van der Waals surface area contributed by atoms with Crippen LogP contribution in [0.4, 0.5) is 18.9 Å². The molecule has 0 fully saturated rings. The topological polar surface area (TPSA) is 116 Å². The molecule has 1 heterocycles. The Kier molecular flexibility index (Phi) is 5.04. The smallest absolute Gasteiger partial charge is 0.435 e. The van der Waals surface area contributed by atoms with Gasteiger partial charge in [-0.15, -0.1) is 0 Å². The molecule has 2 aromatic rings. The van der Waals surface area contributed by atoms with Crippen LogP contribution in [0.2, 0.25) is 0 Å². The van der Waals surface area contributed by atoms with Crippen LogP contribution in [-0.4, -0.2) is 31.2 Å². The largest absolute Gasteiger partial charge is 0.495 e. The summed E-state index contributed by atoms with van der Waals surface area (Å²) < 4.78 is 66.1. The molecule has 0 saturated carbocycles. The van der Waals surface area contributed by atoms with Gasteiger partial charge in [0.05, 0.1) is 7.11 Å². The first kappa shape index (κ1) is 18.7. The minimum absolute atomic E-state index is 0.0117. The van der Waals surface area contributed by atoms with E-state index in [-0.39, 0.29) is 16.3 Å². The van der Waals surface area contributed by atoms with Crippen molar-refractivity contribution in [2.24, 2.45) is 5.14 Å². The van der Waals surface area contributed by atoms with Gasteiger partial charge in [0.15, 0.2) is 5.69 Å². The number of nitrogens with one attached hydrogen (secondary N) is 1. The molecule has 0 aliphatic carbocycles. The van der Waals surface area contributed by atoms with E-state index >= 15 is 0 Å². The second kappa shape index (κ2) is 6.72. The molecule has 12 heteroatoms. The van der Waals surface area contributed by atoms with Gasteiger partial charge in [0.2, 0.25) is 15.9 Å². The monoisotopic (exact) mass is 378 g/mol. The number of benzene rings is 1. The highest BCUT2D eigenvalue weighted by atomic mass is 32.2. The zero-order valence-corrected chi connectivity index (χ0v) is 13.6. The summed E-state index contributed by atoms with van der Waals surface area (Å²) in [6, 6.07) is 4.46. The van der Waals surface area contributed by atoms with Crippen LogP contribution in [-0.2, 0) is 27.5 Å². The quantitative estimate of drug-likeness (QED) is 0.811. The number of halogens is 3. The van der Waals surface area contributed by atoms with Gasteiger partial charge in [0, 0.05) is 11.9 Å². The molecule has 0 saturated heterocycles. The number of methoxy groups -OCH3 is 1. The Balaban J connectivity index is 2.14. The normalized spacial score (nSPS) is 12.0. The molecule has 2 rings (SSSR count). The molecular formula is C13H13F3N4O4S. The van der Waals surface area contributed by atoms with E-state index < -0.39 is 34.3 Å². The molecule has 0 bridgehead atoms. The molecule has 25 heavy (non-hydrogen) atoms. The number of nitrogens with zero attached hydrogens (tertiary/aromatic N) is 2. The number of sulfonamides is 1. The Bertz CT molecular complexity index is 893. The summed E-state index contributed by atoms with van der Waals surface area (Å²) in [6.07, 6.45) is -3.60. The number of rotatable bonds is 5. The molecule has 3 N–H and O–H groups in total. The molecule has 136 valence electrons. The van der Waals surface area contributed by atoms with E-state index in [9.17, 15) is 26.4 Å². The van der Waals surface area contributed by atoms with E-state index in [0.717, 1.165) is 23.0 Å². The second-order valence-corrected chi connectivity index (χ2v) is 6.38. The van der Waals surface area contributed by atoms with E-state index in [1.54, 1.807) is 0 Å². The van der Waals surface area contributed by atoms with Crippen LogP contribution in [0.25, 0.3) is 0 Å². The lowest BCUT2D eigenvalue weighted by Crippen LogP contribution is -2.20. The van der Waals surface area contributed by atoms with Crippen LogP contribution in [0.1, 0.15) is 5.69 Å². The molecule has 1 amide bonds. The van der Waals surface area contributed by atoms with Gasteiger partial charge in [-0.3, -0.25) is 9.48 Å². The number of amides is 1. The maximum atomic E-state index is 12.5. The van der Waals surface area contributed by atoms with E-state index in [4.69, 9.17) is 9.88 Å². The van der Waals surface area contributed by atoms with Gasteiger partial charge in [-0.2, -0.15) is 18.3 Å². The number of ether oxygens (including phenoxy) is 1. The lowest BCUT2D eigenvalue weighted by molar-refractivity contribution is -0.141. The summed E-state index contributed by atoms with van der Waals surface area (Å²) in [5.41, 5.74) is -1.04. The molecular weight excluding hydrogens is 365 g/mol. The number of hydrogen-bond donors (Lipinski definition) is 2. The minimum atomic E-state index is -4.61. The molecule has 1 aromatic carbocycles. The van der Waals surface area contributed by atoms with Gasteiger partial charge < -0.3 is 10.1 Å². The van der Waals surface area contributed by atoms with Gasteiger partial charge in [0.1, 0.15) is 17.2 Å². The molecule has 0 unspecified atom stereocenters. The first-order chi connectivity index (χ1) is 11.5. The molecule has 0 aliphatic heterocycles. The molecule has 1 aromatic heterocycles.